The van der Waals surface area contributed by atoms with Gasteiger partial charge in [0.1, 0.15) is 5.39 Å². The zero-order valence-electron chi connectivity index (χ0n) is 11.5. The number of hydrogen-bond donors (Lipinski definition) is 1. The van der Waals surface area contributed by atoms with Gasteiger partial charge in [-0.3, -0.25) is 9.78 Å². The van der Waals surface area contributed by atoms with E-state index in [-0.39, 0.29) is 5.56 Å². The molecule has 1 aromatic carbocycles. The highest BCUT2D eigenvalue weighted by Crippen LogP contribution is 2.17. The number of fused-ring (bicyclic) bond motifs is 1. The van der Waals surface area contributed by atoms with Crippen LogP contribution >= 0.6 is 0 Å². The van der Waals surface area contributed by atoms with Crippen LogP contribution in [-0.2, 0) is 0 Å². The molecule has 0 amide bonds. The zero-order valence-corrected chi connectivity index (χ0v) is 11.5. The summed E-state index contributed by atoms with van der Waals surface area (Å²) in [6.45, 7) is 1.88. The van der Waals surface area contributed by atoms with Crippen molar-refractivity contribution in [2.24, 2.45) is 0 Å². The van der Waals surface area contributed by atoms with Crippen LogP contribution in [0.2, 0.25) is 0 Å². The molecule has 0 saturated carbocycles. The zero-order chi connectivity index (χ0) is 14.2. The fraction of sp³-hybridized carbons (Fsp3) is 0.267. The molecule has 1 saturated heterocycles. The highest BCUT2D eigenvalue weighted by molar-refractivity contribution is 5.74. The topological polar surface area (TPSA) is 66.8 Å². The van der Waals surface area contributed by atoms with Gasteiger partial charge in [-0.05, 0) is 25.0 Å². The number of benzene rings is 1. The van der Waals surface area contributed by atoms with Crippen LogP contribution in [0.4, 0.5) is 5.95 Å². The minimum atomic E-state index is -0.135. The maximum absolute atomic E-state index is 12.2. The summed E-state index contributed by atoms with van der Waals surface area (Å²) >= 11 is 0. The van der Waals surface area contributed by atoms with Gasteiger partial charge in [0, 0.05) is 19.3 Å². The number of nitrogens with zero attached hydrogens (tertiary/aromatic N) is 4. The van der Waals surface area contributed by atoms with Crippen LogP contribution in [0.5, 0.6) is 0 Å². The number of para-hydroxylation sites is 1. The van der Waals surface area contributed by atoms with E-state index in [1.54, 1.807) is 10.9 Å². The Hall–Kier alpha value is -2.63. The fourth-order valence-corrected chi connectivity index (χ4v) is 2.70. The summed E-state index contributed by atoms with van der Waals surface area (Å²) < 4.78 is 1.70. The van der Waals surface area contributed by atoms with Crippen LogP contribution < -0.4 is 10.5 Å². The molecule has 1 aliphatic heterocycles. The number of hydrogen-bond acceptors (Lipinski definition) is 4. The van der Waals surface area contributed by atoms with Crippen molar-refractivity contribution in [3.8, 4) is 5.69 Å². The number of rotatable bonds is 2. The molecule has 3 aromatic rings. The minimum Gasteiger partial charge on any atom is -0.342 e. The second kappa shape index (κ2) is 4.73. The second-order valence-electron chi connectivity index (χ2n) is 5.23. The number of nitrogens with one attached hydrogen (secondary N) is 1. The van der Waals surface area contributed by atoms with Gasteiger partial charge < -0.3 is 4.90 Å². The summed E-state index contributed by atoms with van der Waals surface area (Å²) in [5.41, 5.74) is 1.27. The average Bonchev–Trinajstić information content (AvgIpc) is 3.17. The Morgan fingerprint density at radius 2 is 1.86 bits per heavy atom. The molecule has 21 heavy (non-hydrogen) atoms. The van der Waals surface area contributed by atoms with E-state index >= 15 is 0 Å². The van der Waals surface area contributed by atoms with E-state index in [0.29, 0.717) is 17.0 Å². The normalized spacial score (nSPS) is 15.0. The summed E-state index contributed by atoms with van der Waals surface area (Å²) in [5.74, 6) is 0.628. The largest absolute Gasteiger partial charge is 0.342 e. The monoisotopic (exact) mass is 281 g/mol. The standard InChI is InChI=1S/C15H15N5O/c21-14-12-10-20(11-6-2-1-3-7-11)18-13(12)16-15(17-14)19-8-4-5-9-19/h1-3,6-7,10H,4-5,8-9H2,(H,16,17,18,21). The van der Waals surface area contributed by atoms with Gasteiger partial charge in [-0.25, -0.2) is 4.68 Å². The molecule has 0 spiro atoms. The highest BCUT2D eigenvalue weighted by Gasteiger charge is 2.17. The van der Waals surface area contributed by atoms with Gasteiger partial charge in [-0.15, -0.1) is 5.10 Å². The van der Waals surface area contributed by atoms with Crippen LogP contribution in [0.3, 0.4) is 0 Å². The lowest BCUT2D eigenvalue weighted by Crippen LogP contribution is -2.23. The third-order valence-electron chi connectivity index (χ3n) is 3.80. The third kappa shape index (κ3) is 2.08. The maximum Gasteiger partial charge on any atom is 0.263 e. The van der Waals surface area contributed by atoms with Gasteiger partial charge in [0.25, 0.3) is 5.56 Å². The fourth-order valence-electron chi connectivity index (χ4n) is 2.70. The first kappa shape index (κ1) is 12.1. The van der Waals surface area contributed by atoms with Crippen LogP contribution in [0.25, 0.3) is 16.7 Å². The first-order valence-electron chi connectivity index (χ1n) is 7.11. The van der Waals surface area contributed by atoms with E-state index in [0.717, 1.165) is 31.6 Å². The van der Waals surface area contributed by atoms with E-state index in [4.69, 9.17) is 0 Å². The Morgan fingerprint density at radius 3 is 2.62 bits per heavy atom. The van der Waals surface area contributed by atoms with Crippen LogP contribution in [0.1, 0.15) is 12.8 Å². The van der Waals surface area contributed by atoms with Gasteiger partial charge >= 0.3 is 0 Å². The molecule has 1 N–H and O–H groups in total. The van der Waals surface area contributed by atoms with Crippen molar-refractivity contribution in [1.82, 2.24) is 19.7 Å². The Balaban J connectivity index is 1.84. The van der Waals surface area contributed by atoms with Gasteiger partial charge in [0.05, 0.1) is 5.69 Å². The molecule has 106 valence electrons. The molecule has 6 nitrogen and oxygen atoms in total. The van der Waals surface area contributed by atoms with Crippen molar-refractivity contribution in [2.45, 2.75) is 12.8 Å². The minimum absolute atomic E-state index is 0.135. The quantitative estimate of drug-likeness (QED) is 0.776. The predicted molar refractivity (Wildman–Crippen MR) is 80.9 cm³/mol. The van der Waals surface area contributed by atoms with Crippen molar-refractivity contribution in [3.05, 3.63) is 46.9 Å². The lowest BCUT2D eigenvalue weighted by molar-refractivity contribution is 0.875. The average molecular weight is 281 g/mol. The van der Waals surface area contributed by atoms with Crippen molar-refractivity contribution in [1.29, 1.82) is 0 Å². The molecule has 2 aromatic heterocycles. The molecule has 1 fully saturated rings. The first-order valence-corrected chi connectivity index (χ1v) is 7.11. The molecule has 1 aliphatic rings. The lowest BCUT2D eigenvalue weighted by Gasteiger charge is -2.14. The summed E-state index contributed by atoms with van der Waals surface area (Å²) in [4.78, 5) is 21.7. The number of H-pyrrole nitrogens is 1. The van der Waals surface area contributed by atoms with Crippen LogP contribution in [0, 0.1) is 0 Å². The molecule has 4 rings (SSSR count). The Labute approximate surface area is 121 Å². The summed E-state index contributed by atoms with van der Waals surface area (Å²) in [6, 6.07) is 9.72. The van der Waals surface area contributed by atoms with E-state index in [2.05, 4.69) is 20.0 Å². The third-order valence-corrected chi connectivity index (χ3v) is 3.80. The predicted octanol–water partition coefficient (Wildman–Crippen LogP) is 1.71. The van der Waals surface area contributed by atoms with Gasteiger partial charge in [-0.2, -0.15) is 4.98 Å². The van der Waals surface area contributed by atoms with Crippen molar-refractivity contribution in [2.75, 3.05) is 18.0 Å². The molecule has 0 atom stereocenters. The summed E-state index contributed by atoms with van der Waals surface area (Å²) in [7, 11) is 0. The van der Waals surface area contributed by atoms with Crippen LogP contribution in [-0.4, -0.2) is 32.8 Å². The molecule has 6 heteroatoms. The van der Waals surface area contributed by atoms with E-state index in [9.17, 15) is 4.79 Å². The first-order chi connectivity index (χ1) is 10.3. The smallest absolute Gasteiger partial charge is 0.263 e. The molecular weight excluding hydrogens is 266 g/mol. The summed E-state index contributed by atoms with van der Waals surface area (Å²) in [6.07, 6.45) is 4.00. The molecule has 0 unspecified atom stereocenters. The van der Waals surface area contributed by atoms with E-state index < -0.39 is 0 Å². The van der Waals surface area contributed by atoms with Gasteiger partial charge in [0.15, 0.2) is 5.65 Å². The van der Waals surface area contributed by atoms with E-state index in [1.807, 2.05) is 30.3 Å². The van der Waals surface area contributed by atoms with Crippen molar-refractivity contribution >= 4 is 17.0 Å². The Bertz CT molecular complexity index is 830. The van der Waals surface area contributed by atoms with Crippen molar-refractivity contribution < 1.29 is 0 Å². The van der Waals surface area contributed by atoms with Crippen LogP contribution in [0.15, 0.2) is 41.3 Å². The number of anilines is 1. The van der Waals surface area contributed by atoms with Crippen molar-refractivity contribution in [3.63, 3.8) is 0 Å². The van der Waals surface area contributed by atoms with Gasteiger partial charge in [0.2, 0.25) is 5.95 Å². The number of aromatic nitrogens is 4. The molecule has 0 bridgehead atoms. The lowest BCUT2D eigenvalue weighted by atomic mass is 10.3. The Morgan fingerprint density at radius 1 is 1.10 bits per heavy atom. The molecule has 0 radical (unpaired) electrons. The highest BCUT2D eigenvalue weighted by atomic mass is 16.1. The van der Waals surface area contributed by atoms with Gasteiger partial charge in [-0.1, -0.05) is 18.2 Å². The molecule has 3 heterocycles. The summed E-state index contributed by atoms with van der Waals surface area (Å²) in [5, 5.41) is 4.95. The maximum atomic E-state index is 12.2. The Kier molecular flexibility index (Phi) is 2.73. The second-order valence-corrected chi connectivity index (χ2v) is 5.23. The molecular formula is C15H15N5O. The number of aromatic amines is 1. The molecule has 0 aliphatic carbocycles. The SMILES string of the molecule is O=c1[nH]c(N2CCCC2)nc2nn(-c3ccccc3)cc12. The van der Waals surface area contributed by atoms with E-state index in [1.165, 1.54) is 0 Å².